The van der Waals surface area contributed by atoms with Gasteiger partial charge in [-0.05, 0) is 37.1 Å². The Morgan fingerprint density at radius 2 is 1.89 bits per heavy atom. The second kappa shape index (κ2) is 7.03. The normalized spacial score (nSPS) is 18.8. The van der Waals surface area contributed by atoms with Crippen LogP contribution < -0.4 is 21.1 Å². The summed E-state index contributed by atoms with van der Waals surface area (Å²) in [6.45, 7) is 1.60. The fourth-order valence-electron chi connectivity index (χ4n) is 3.42. The molecule has 0 bridgehead atoms. The summed E-state index contributed by atoms with van der Waals surface area (Å²) in [5.41, 5.74) is 0.317. The highest BCUT2D eigenvalue weighted by Crippen LogP contribution is 2.30. The summed E-state index contributed by atoms with van der Waals surface area (Å²) in [6.07, 6.45) is 1.94. The summed E-state index contributed by atoms with van der Waals surface area (Å²) in [6, 6.07) is 6.61. The average molecular weight is 388 g/mol. The molecule has 0 radical (unpaired) electrons. The molecule has 1 atom stereocenters. The van der Waals surface area contributed by atoms with E-state index < -0.39 is 17.4 Å². The first-order chi connectivity index (χ1) is 13.0. The molecule has 1 fully saturated rings. The lowest BCUT2D eigenvalue weighted by Gasteiger charge is -2.25. The Hall–Kier alpha value is -2.87. The topological polar surface area (TPSA) is 107 Å². The summed E-state index contributed by atoms with van der Waals surface area (Å²) < 4.78 is 0. The number of anilines is 3. The molecule has 2 amide bonds. The van der Waals surface area contributed by atoms with Crippen LogP contribution in [-0.4, -0.2) is 34.9 Å². The van der Waals surface area contributed by atoms with Gasteiger partial charge in [-0.25, -0.2) is 0 Å². The van der Waals surface area contributed by atoms with Gasteiger partial charge in [-0.1, -0.05) is 11.6 Å². The lowest BCUT2D eigenvalue weighted by molar-refractivity contribution is -0.123. The fraction of sp³-hybridized carbons (Fsp3) is 0.333. The van der Waals surface area contributed by atoms with Crippen molar-refractivity contribution in [2.75, 3.05) is 28.6 Å². The third kappa shape index (κ3) is 3.52. The maximum atomic E-state index is 12.7. The Labute approximate surface area is 159 Å². The van der Waals surface area contributed by atoms with Crippen molar-refractivity contribution in [3.8, 4) is 0 Å². The predicted molar refractivity (Wildman–Crippen MR) is 102 cm³/mol. The molecule has 9 heteroatoms. The van der Waals surface area contributed by atoms with Gasteiger partial charge in [-0.3, -0.25) is 19.4 Å². The molecule has 4 rings (SSSR count). The Morgan fingerprint density at radius 3 is 2.59 bits per heavy atom. The number of nitrogens with zero attached hydrogens (tertiary/aromatic N) is 2. The van der Waals surface area contributed by atoms with E-state index in [1.807, 2.05) is 4.90 Å². The van der Waals surface area contributed by atoms with E-state index in [2.05, 4.69) is 20.6 Å². The number of H-pyrrole nitrogens is 1. The second-order valence-electron chi connectivity index (χ2n) is 6.65. The lowest BCUT2D eigenvalue weighted by Crippen LogP contribution is -2.37. The number of hydrogen-bond donors (Lipinski definition) is 3. The number of fused-ring (bicyclic) bond motifs is 1. The maximum Gasteiger partial charge on any atom is 0.258 e. The van der Waals surface area contributed by atoms with Gasteiger partial charge >= 0.3 is 0 Å². The molecule has 0 saturated carbocycles. The van der Waals surface area contributed by atoms with Gasteiger partial charge in [0, 0.05) is 30.2 Å². The zero-order chi connectivity index (χ0) is 19.0. The minimum atomic E-state index is -0.909. The molecule has 3 heterocycles. The van der Waals surface area contributed by atoms with E-state index in [0.29, 0.717) is 16.7 Å². The van der Waals surface area contributed by atoms with E-state index in [0.717, 1.165) is 25.9 Å². The molecule has 1 aromatic heterocycles. The highest BCUT2D eigenvalue weighted by molar-refractivity contribution is 6.30. The zero-order valence-electron chi connectivity index (χ0n) is 14.4. The van der Waals surface area contributed by atoms with Gasteiger partial charge in [0.05, 0.1) is 11.5 Å². The number of nitrogens with one attached hydrogen (secondary N) is 3. The standard InChI is InChI=1S/C18H18ClN5O3/c19-10-3-5-11(6-4-10)20-16(26)12-9-13(25)21-15-14(12)17(27)23-18(22-15)24-7-1-2-8-24/h3-6,12H,1-2,7-9H2,(H,20,26)(H2,21,22,23,25,27)/t12-/m0/s1. The van der Waals surface area contributed by atoms with Gasteiger partial charge in [-0.15, -0.1) is 0 Å². The van der Waals surface area contributed by atoms with Gasteiger partial charge in [0.1, 0.15) is 5.82 Å². The molecule has 2 aliphatic rings. The van der Waals surface area contributed by atoms with Crippen LogP contribution in [0.25, 0.3) is 0 Å². The number of hydrogen-bond acceptors (Lipinski definition) is 5. The number of halogens is 1. The minimum Gasteiger partial charge on any atom is -0.342 e. The van der Waals surface area contributed by atoms with Crippen molar-refractivity contribution in [2.24, 2.45) is 0 Å². The van der Waals surface area contributed by atoms with Gasteiger partial charge < -0.3 is 15.5 Å². The smallest absolute Gasteiger partial charge is 0.258 e. The highest BCUT2D eigenvalue weighted by Gasteiger charge is 2.35. The lowest BCUT2D eigenvalue weighted by atomic mass is 9.92. The van der Waals surface area contributed by atoms with Crippen LogP contribution in [-0.2, 0) is 9.59 Å². The van der Waals surface area contributed by atoms with Crippen molar-refractivity contribution in [3.05, 3.63) is 45.2 Å². The number of carbonyl (C=O) groups excluding carboxylic acids is 2. The van der Waals surface area contributed by atoms with Crippen molar-refractivity contribution in [1.29, 1.82) is 0 Å². The minimum absolute atomic E-state index is 0.111. The third-order valence-electron chi connectivity index (χ3n) is 4.77. The Morgan fingerprint density at radius 1 is 1.19 bits per heavy atom. The van der Waals surface area contributed by atoms with Gasteiger partial charge in [0.15, 0.2) is 0 Å². The molecule has 0 aliphatic carbocycles. The van der Waals surface area contributed by atoms with E-state index in [4.69, 9.17) is 11.6 Å². The number of aromatic nitrogens is 2. The van der Waals surface area contributed by atoms with Gasteiger partial charge in [-0.2, -0.15) is 4.98 Å². The largest absolute Gasteiger partial charge is 0.342 e. The first-order valence-electron chi connectivity index (χ1n) is 8.77. The number of amides is 2. The van der Waals surface area contributed by atoms with Crippen molar-refractivity contribution in [3.63, 3.8) is 0 Å². The van der Waals surface area contributed by atoms with Crippen LogP contribution in [0.3, 0.4) is 0 Å². The van der Waals surface area contributed by atoms with Crippen LogP contribution in [0.1, 0.15) is 30.7 Å². The molecule has 8 nitrogen and oxygen atoms in total. The summed E-state index contributed by atoms with van der Waals surface area (Å²) >= 11 is 5.85. The van der Waals surface area contributed by atoms with Gasteiger partial charge in [0.2, 0.25) is 17.8 Å². The van der Waals surface area contributed by atoms with E-state index in [1.165, 1.54) is 0 Å². The van der Waals surface area contributed by atoms with E-state index in [-0.39, 0.29) is 23.7 Å². The van der Waals surface area contributed by atoms with Crippen LogP contribution in [0.15, 0.2) is 29.1 Å². The van der Waals surface area contributed by atoms with Crippen molar-refractivity contribution in [1.82, 2.24) is 9.97 Å². The molecule has 27 heavy (non-hydrogen) atoms. The Bertz CT molecular complexity index is 950. The highest BCUT2D eigenvalue weighted by atomic mass is 35.5. The van der Waals surface area contributed by atoms with Gasteiger partial charge in [0.25, 0.3) is 5.56 Å². The quantitative estimate of drug-likeness (QED) is 0.747. The molecule has 1 aromatic carbocycles. The maximum absolute atomic E-state index is 12.7. The predicted octanol–water partition coefficient (Wildman–Crippen LogP) is 2.09. The van der Waals surface area contributed by atoms with E-state index >= 15 is 0 Å². The SMILES string of the molecule is O=C1C[C@H](C(=O)Nc2ccc(Cl)cc2)c2c(nc(N3CCCC3)[nH]c2=O)N1. The second-order valence-corrected chi connectivity index (χ2v) is 7.08. The molecule has 0 unspecified atom stereocenters. The number of benzene rings is 1. The monoisotopic (exact) mass is 387 g/mol. The summed E-state index contributed by atoms with van der Waals surface area (Å²) in [4.78, 5) is 46.7. The van der Waals surface area contributed by atoms with Crippen molar-refractivity contribution < 1.29 is 9.59 Å². The molecule has 0 spiro atoms. The fourth-order valence-corrected chi connectivity index (χ4v) is 3.55. The molecular weight excluding hydrogens is 370 g/mol. The molecule has 1 saturated heterocycles. The molecular formula is C18H18ClN5O3. The Balaban J connectivity index is 1.65. The summed E-state index contributed by atoms with van der Waals surface area (Å²) in [5, 5.41) is 5.90. The van der Waals surface area contributed by atoms with Crippen LogP contribution >= 0.6 is 11.6 Å². The molecule has 3 N–H and O–H groups in total. The molecule has 2 aliphatic heterocycles. The van der Waals surface area contributed by atoms with Crippen LogP contribution in [0.2, 0.25) is 5.02 Å². The number of rotatable bonds is 3. The van der Waals surface area contributed by atoms with Crippen LogP contribution in [0.4, 0.5) is 17.5 Å². The van der Waals surface area contributed by atoms with Crippen LogP contribution in [0, 0.1) is 0 Å². The summed E-state index contributed by atoms with van der Waals surface area (Å²) in [7, 11) is 0. The first-order valence-corrected chi connectivity index (χ1v) is 9.14. The van der Waals surface area contributed by atoms with E-state index in [1.54, 1.807) is 24.3 Å². The number of carbonyl (C=O) groups is 2. The van der Waals surface area contributed by atoms with Crippen molar-refractivity contribution in [2.45, 2.75) is 25.2 Å². The number of aromatic amines is 1. The van der Waals surface area contributed by atoms with E-state index in [9.17, 15) is 14.4 Å². The van der Waals surface area contributed by atoms with Crippen molar-refractivity contribution >= 4 is 40.9 Å². The molecule has 140 valence electrons. The average Bonchev–Trinajstić information content (AvgIpc) is 3.17. The first kappa shape index (κ1) is 17.5. The summed E-state index contributed by atoms with van der Waals surface area (Å²) in [5.74, 6) is -1.10. The Kier molecular flexibility index (Phi) is 4.57. The molecule has 2 aromatic rings. The zero-order valence-corrected chi connectivity index (χ0v) is 15.2. The third-order valence-corrected chi connectivity index (χ3v) is 5.02. The van der Waals surface area contributed by atoms with Crippen LogP contribution in [0.5, 0.6) is 0 Å².